The highest BCUT2D eigenvalue weighted by Gasteiger charge is 2.43. The Hall–Kier alpha value is -0.270. The molecule has 5 nitrogen and oxygen atoms in total. The Labute approximate surface area is 68.0 Å². The molecule has 1 rings (SSSR count). The Morgan fingerprint density at radius 1 is 1.17 bits per heavy atom. The van der Waals surface area contributed by atoms with E-state index in [0.717, 1.165) is 0 Å². The molecule has 0 saturated carbocycles. The molecule has 1 fully saturated rings. The van der Waals surface area contributed by atoms with E-state index in [9.17, 15) is 4.39 Å². The van der Waals surface area contributed by atoms with Crippen molar-refractivity contribution in [1.29, 1.82) is 0 Å². The maximum absolute atomic E-state index is 12.7. The lowest BCUT2D eigenvalue weighted by Crippen LogP contribution is -2.56. The van der Waals surface area contributed by atoms with Gasteiger partial charge in [0.1, 0.15) is 18.3 Å². The zero-order valence-corrected chi connectivity index (χ0v) is 6.17. The summed E-state index contributed by atoms with van der Waals surface area (Å²) < 4.78 is 17.1. The lowest BCUT2D eigenvalue weighted by molar-refractivity contribution is -0.271. The highest BCUT2D eigenvalue weighted by molar-refractivity contribution is 4.88. The van der Waals surface area contributed by atoms with E-state index in [1.165, 1.54) is 0 Å². The van der Waals surface area contributed by atoms with E-state index >= 15 is 0 Å². The summed E-state index contributed by atoms with van der Waals surface area (Å²) in [6.07, 6.45) is -8.19. The Balaban J connectivity index is 2.63. The van der Waals surface area contributed by atoms with Gasteiger partial charge in [-0.1, -0.05) is 0 Å². The molecule has 2 unspecified atom stereocenters. The van der Waals surface area contributed by atoms with Gasteiger partial charge >= 0.3 is 0 Å². The molecule has 0 amide bonds. The molecular formula is C6H11FO5. The van der Waals surface area contributed by atoms with Crippen molar-refractivity contribution in [3.05, 3.63) is 0 Å². The Morgan fingerprint density at radius 2 is 1.75 bits per heavy atom. The predicted octanol–water partition coefficient (Wildman–Crippen LogP) is -2.24. The standard InChI is InChI=1S/C6H11FO5/c7-3-5(10)4(9)2(1-8)12-6(3)11/h2-6,8-11H,1H2/t2-,3?,4-,5?,6-/m1/s1. The molecule has 1 heterocycles. The van der Waals surface area contributed by atoms with Crippen molar-refractivity contribution in [1.82, 2.24) is 0 Å². The average Bonchev–Trinajstić information content (AvgIpc) is 2.08. The first-order valence-electron chi connectivity index (χ1n) is 3.52. The fraction of sp³-hybridized carbons (Fsp3) is 1.00. The fourth-order valence-electron chi connectivity index (χ4n) is 1.06. The fourth-order valence-corrected chi connectivity index (χ4v) is 1.06. The van der Waals surface area contributed by atoms with Gasteiger partial charge in [-0.25, -0.2) is 4.39 Å². The second-order valence-electron chi connectivity index (χ2n) is 2.67. The van der Waals surface area contributed by atoms with Crippen LogP contribution in [0.5, 0.6) is 0 Å². The summed E-state index contributed by atoms with van der Waals surface area (Å²) in [5, 5.41) is 35.3. The smallest absolute Gasteiger partial charge is 0.189 e. The first kappa shape index (κ1) is 9.82. The van der Waals surface area contributed by atoms with Crippen molar-refractivity contribution >= 4 is 0 Å². The summed E-state index contributed by atoms with van der Waals surface area (Å²) in [5.74, 6) is 0. The van der Waals surface area contributed by atoms with Crippen LogP contribution in [0.4, 0.5) is 4.39 Å². The van der Waals surface area contributed by atoms with Gasteiger partial charge in [-0.15, -0.1) is 0 Å². The molecule has 0 aromatic heterocycles. The number of alkyl halides is 1. The van der Waals surface area contributed by atoms with Gasteiger partial charge in [0.25, 0.3) is 0 Å². The van der Waals surface area contributed by atoms with Crippen molar-refractivity contribution in [2.45, 2.75) is 30.8 Å². The van der Waals surface area contributed by atoms with Crippen LogP contribution in [-0.4, -0.2) is 57.8 Å². The van der Waals surface area contributed by atoms with Crippen LogP contribution in [0, 0.1) is 0 Å². The summed E-state index contributed by atoms with van der Waals surface area (Å²) in [4.78, 5) is 0. The van der Waals surface area contributed by atoms with Gasteiger partial charge in [0, 0.05) is 0 Å². The highest BCUT2D eigenvalue weighted by atomic mass is 19.1. The zero-order chi connectivity index (χ0) is 9.30. The Kier molecular flexibility index (Phi) is 2.97. The minimum absolute atomic E-state index is 0.581. The first-order chi connectivity index (χ1) is 5.57. The number of rotatable bonds is 1. The van der Waals surface area contributed by atoms with Crippen LogP contribution >= 0.6 is 0 Å². The van der Waals surface area contributed by atoms with Crippen molar-refractivity contribution in [3.8, 4) is 0 Å². The molecule has 0 aliphatic carbocycles. The van der Waals surface area contributed by atoms with Crippen molar-refractivity contribution in [3.63, 3.8) is 0 Å². The third-order valence-corrected chi connectivity index (χ3v) is 1.82. The summed E-state index contributed by atoms with van der Waals surface area (Å²) in [7, 11) is 0. The van der Waals surface area contributed by atoms with E-state index < -0.39 is 37.4 Å². The van der Waals surface area contributed by atoms with E-state index in [-0.39, 0.29) is 0 Å². The minimum atomic E-state index is -2.04. The summed E-state index contributed by atoms with van der Waals surface area (Å²) in [5.41, 5.74) is 0. The second kappa shape index (κ2) is 3.63. The van der Waals surface area contributed by atoms with Crippen LogP contribution in [-0.2, 0) is 4.74 Å². The molecule has 4 N–H and O–H groups in total. The quantitative estimate of drug-likeness (QED) is 0.368. The molecule has 6 heteroatoms. The lowest BCUT2D eigenvalue weighted by atomic mass is 10.0. The van der Waals surface area contributed by atoms with E-state index in [2.05, 4.69) is 4.74 Å². The van der Waals surface area contributed by atoms with E-state index in [1.807, 2.05) is 0 Å². The molecule has 0 bridgehead atoms. The van der Waals surface area contributed by atoms with Gasteiger partial charge in [0.05, 0.1) is 6.61 Å². The second-order valence-corrected chi connectivity index (χ2v) is 2.67. The van der Waals surface area contributed by atoms with Gasteiger partial charge < -0.3 is 25.2 Å². The Bertz CT molecular complexity index is 150. The van der Waals surface area contributed by atoms with Crippen LogP contribution in [0.1, 0.15) is 0 Å². The van der Waals surface area contributed by atoms with Crippen LogP contribution in [0.3, 0.4) is 0 Å². The lowest BCUT2D eigenvalue weighted by Gasteiger charge is -2.36. The summed E-state index contributed by atoms with van der Waals surface area (Å²) in [6, 6.07) is 0. The molecule has 1 aliphatic heterocycles. The number of aliphatic hydroxyl groups is 4. The third-order valence-electron chi connectivity index (χ3n) is 1.82. The molecule has 0 aromatic rings. The molecule has 0 spiro atoms. The van der Waals surface area contributed by atoms with Crippen LogP contribution in [0.2, 0.25) is 0 Å². The number of halogens is 1. The predicted molar refractivity (Wildman–Crippen MR) is 34.9 cm³/mol. The highest BCUT2D eigenvalue weighted by Crippen LogP contribution is 2.21. The van der Waals surface area contributed by atoms with Crippen molar-refractivity contribution in [2.24, 2.45) is 0 Å². The molecule has 0 aromatic carbocycles. The number of aliphatic hydroxyl groups excluding tert-OH is 4. The van der Waals surface area contributed by atoms with Crippen molar-refractivity contribution in [2.75, 3.05) is 6.61 Å². The molecule has 12 heavy (non-hydrogen) atoms. The molecular weight excluding hydrogens is 171 g/mol. The van der Waals surface area contributed by atoms with E-state index in [0.29, 0.717) is 0 Å². The first-order valence-corrected chi connectivity index (χ1v) is 3.52. The molecule has 72 valence electrons. The van der Waals surface area contributed by atoms with Gasteiger partial charge in [-0.05, 0) is 0 Å². The number of ether oxygens (including phenoxy) is 1. The summed E-state index contributed by atoms with van der Waals surface area (Å²) in [6.45, 7) is -0.581. The van der Waals surface area contributed by atoms with Crippen LogP contribution in [0.25, 0.3) is 0 Å². The van der Waals surface area contributed by atoms with Gasteiger partial charge in [-0.3, -0.25) is 0 Å². The maximum Gasteiger partial charge on any atom is 0.189 e. The van der Waals surface area contributed by atoms with Crippen LogP contribution < -0.4 is 0 Å². The third kappa shape index (κ3) is 1.57. The minimum Gasteiger partial charge on any atom is -0.394 e. The van der Waals surface area contributed by atoms with E-state index in [4.69, 9.17) is 20.4 Å². The maximum atomic E-state index is 12.7. The van der Waals surface area contributed by atoms with Crippen molar-refractivity contribution < 1.29 is 29.6 Å². The molecule has 0 radical (unpaired) electrons. The van der Waals surface area contributed by atoms with Gasteiger partial charge in [-0.2, -0.15) is 0 Å². The normalized spacial score (nSPS) is 49.2. The molecule has 1 saturated heterocycles. The van der Waals surface area contributed by atoms with Gasteiger partial charge in [0.2, 0.25) is 0 Å². The zero-order valence-electron chi connectivity index (χ0n) is 6.17. The average molecular weight is 182 g/mol. The monoisotopic (exact) mass is 182 g/mol. The Morgan fingerprint density at radius 3 is 2.25 bits per heavy atom. The SMILES string of the molecule is OC[C@H]1O[C@@H](O)C(F)C(O)[C@@H]1O. The van der Waals surface area contributed by atoms with E-state index in [1.54, 1.807) is 0 Å². The topological polar surface area (TPSA) is 90.2 Å². The molecule has 1 aliphatic rings. The largest absolute Gasteiger partial charge is 0.394 e. The number of hydrogen-bond donors (Lipinski definition) is 4. The summed E-state index contributed by atoms with van der Waals surface area (Å²) >= 11 is 0. The van der Waals surface area contributed by atoms with Crippen LogP contribution in [0.15, 0.2) is 0 Å². The number of hydrogen-bond acceptors (Lipinski definition) is 5. The molecule has 5 atom stereocenters. The van der Waals surface area contributed by atoms with Gasteiger partial charge in [0.15, 0.2) is 12.5 Å².